The third kappa shape index (κ3) is 3.27. The van der Waals surface area contributed by atoms with E-state index in [2.05, 4.69) is 5.32 Å². The van der Waals surface area contributed by atoms with Crippen LogP contribution in [0.3, 0.4) is 0 Å². The number of nitrogens with one attached hydrogen (secondary N) is 1. The highest BCUT2D eigenvalue weighted by atomic mass is 35.5. The number of carbonyl (C=O) groups is 2. The standard InChI is InChI=1S/C17H21ClN2O2/c18-14-8-4-5-9-15(14)19-17(22)12-10-16(21)20(11-12)13-6-2-1-3-7-13/h4-5,8-9,12-13H,1-3,6-7,10-11H2,(H,19,22). The number of anilines is 1. The Morgan fingerprint density at radius 3 is 2.64 bits per heavy atom. The first kappa shape index (κ1) is 15.3. The molecule has 1 aliphatic heterocycles. The highest BCUT2D eigenvalue weighted by Gasteiger charge is 2.38. The average Bonchev–Trinajstić information content (AvgIpc) is 2.92. The molecule has 1 atom stereocenters. The van der Waals surface area contributed by atoms with Crippen molar-refractivity contribution in [1.29, 1.82) is 0 Å². The van der Waals surface area contributed by atoms with Crippen LogP contribution in [0.1, 0.15) is 38.5 Å². The van der Waals surface area contributed by atoms with Crippen molar-refractivity contribution in [2.24, 2.45) is 5.92 Å². The molecule has 1 unspecified atom stereocenters. The van der Waals surface area contributed by atoms with E-state index in [1.807, 2.05) is 17.0 Å². The van der Waals surface area contributed by atoms with Gasteiger partial charge in [0, 0.05) is 19.0 Å². The molecule has 4 nitrogen and oxygen atoms in total. The van der Waals surface area contributed by atoms with Crippen LogP contribution in [0.25, 0.3) is 0 Å². The second-order valence-corrected chi connectivity index (χ2v) is 6.62. The zero-order chi connectivity index (χ0) is 15.5. The number of hydrogen-bond acceptors (Lipinski definition) is 2. The molecule has 0 aromatic heterocycles. The Hall–Kier alpha value is -1.55. The van der Waals surface area contributed by atoms with Gasteiger partial charge in [-0.2, -0.15) is 0 Å². The molecule has 1 saturated heterocycles. The van der Waals surface area contributed by atoms with Crippen LogP contribution < -0.4 is 5.32 Å². The van der Waals surface area contributed by atoms with Crippen LogP contribution in [0.4, 0.5) is 5.69 Å². The van der Waals surface area contributed by atoms with Gasteiger partial charge in [0.1, 0.15) is 0 Å². The fraction of sp³-hybridized carbons (Fsp3) is 0.529. The van der Waals surface area contributed by atoms with Crippen molar-refractivity contribution in [1.82, 2.24) is 4.90 Å². The van der Waals surface area contributed by atoms with E-state index >= 15 is 0 Å². The molecule has 118 valence electrons. The van der Waals surface area contributed by atoms with Gasteiger partial charge in [-0.15, -0.1) is 0 Å². The van der Waals surface area contributed by atoms with Gasteiger partial charge in [-0.3, -0.25) is 9.59 Å². The van der Waals surface area contributed by atoms with Gasteiger partial charge in [-0.1, -0.05) is 43.0 Å². The van der Waals surface area contributed by atoms with Crippen molar-refractivity contribution in [3.63, 3.8) is 0 Å². The van der Waals surface area contributed by atoms with Crippen molar-refractivity contribution in [2.45, 2.75) is 44.6 Å². The molecule has 1 heterocycles. The summed E-state index contributed by atoms with van der Waals surface area (Å²) in [4.78, 5) is 26.5. The van der Waals surface area contributed by atoms with Crippen LogP contribution >= 0.6 is 11.6 Å². The Bertz CT molecular complexity index is 570. The van der Waals surface area contributed by atoms with Gasteiger partial charge >= 0.3 is 0 Å². The Morgan fingerprint density at radius 2 is 1.91 bits per heavy atom. The topological polar surface area (TPSA) is 49.4 Å². The minimum absolute atomic E-state index is 0.111. The van der Waals surface area contributed by atoms with Gasteiger partial charge in [0.25, 0.3) is 0 Å². The number of halogens is 1. The summed E-state index contributed by atoms with van der Waals surface area (Å²) in [6.45, 7) is 0.541. The molecule has 1 saturated carbocycles. The predicted molar refractivity (Wildman–Crippen MR) is 86.8 cm³/mol. The SMILES string of the molecule is O=C(Nc1ccccc1Cl)C1CC(=O)N(C2CCCCC2)C1. The molecule has 2 amide bonds. The van der Waals surface area contributed by atoms with Crippen LogP contribution in [0.5, 0.6) is 0 Å². The van der Waals surface area contributed by atoms with E-state index in [1.165, 1.54) is 19.3 Å². The molecule has 0 spiro atoms. The van der Waals surface area contributed by atoms with Crippen LogP contribution in [0.2, 0.25) is 5.02 Å². The number of likely N-dealkylation sites (tertiary alicyclic amines) is 1. The van der Waals surface area contributed by atoms with Crippen molar-refractivity contribution in [3.8, 4) is 0 Å². The molecule has 3 rings (SSSR count). The van der Waals surface area contributed by atoms with Gasteiger partial charge < -0.3 is 10.2 Å². The van der Waals surface area contributed by atoms with Crippen LogP contribution in [-0.2, 0) is 9.59 Å². The van der Waals surface area contributed by atoms with Gasteiger partial charge in [0.15, 0.2) is 0 Å². The number of para-hydroxylation sites is 1. The largest absolute Gasteiger partial charge is 0.339 e. The van der Waals surface area contributed by atoms with Crippen molar-refractivity contribution in [3.05, 3.63) is 29.3 Å². The molecular formula is C17H21ClN2O2. The van der Waals surface area contributed by atoms with E-state index in [1.54, 1.807) is 12.1 Å². The quantitative estimate of drug-likeness (QED) is 0.927. The molecular weight excluding hydrogens is 300 g/mol. The van der Waals surface area contributed by atoms with E-state index in [-0.39, 0.29) is 17.7 Å². The first-order chi connectivity index (χ1) is 10.6. The van der Waals surface area contributed by atoms with Crippen molar-refractivity contribution in [2.75, 3.05) is 11.9 Å². The van der Waals surface area contributed by atoms with E-state index < -0.39 is 0 Å². The fourth-order valence-electron chi connectivity index (χ4n) is 3.45. The fourth-order valence-corrected chi connectivity index (χ4v) is 3.63. The third-order valence-electron chi connectivity index (χ3n) is 4.68. The van der Waals surface area contributed by atoms with E-state index in [0.717, 1.165) is 12.8 Å². The van der Waals surface area contributed by atoms with E-state index in [0.29, 0.717) is 29.7 Å². The molecule has 22 heavy (non-hydrogen) atoms. The zero-order valence-electron chi connectivity index (χ0n) is 12.6. The van der Waals surface area contributed by atoms with Gasteiger partial charge in [-0.05, 0) is 25.0 Å². The highest BCUT2D eigenvalue weighted by molar-refractivity contribution is 6.33. The molecule has 5 heteroatoms. The average molecular weight is 321 g/mol. The summed E-state index contributed by atoms with van der Waals surface area (Å²) < 4.78 is 0. The maximum Gasteiger partial charge on any atom is 0.229 e. The maximum atomic E-state index is 12.4. The molecule has 1 N–H and O–H groups in total. The first-order valence-electron chi connectivity index (χ1n) is 8.00. The lowest BCUT2D eigenvalue weighted by Crippen LogP contribution is -2.38. The Balaban J connectivity index is 1.62. The molecule has 1 aliphatic carbocycles. The number of nitrogens with zero attached hydrogens (tertiary/aromatic N) is 1. The monoisotopic (exact) mass is 320 g/mol. The summed E-state index contributed by atoms with van der Waals surface area (Å²) in [6, 6.07) is 7.50. The van der Waals surface area contributed by atoms with E-state index in [4.69, 9.17) is 11.6 Å². The molecule has 1 aromatic carbocycles. The summed E-state index contributed by atoms with van der Waals surface area (Å²) in [5.41, 5.74) is 0.609. The smallest absolute Gasteiger partial charge is 0.229 e. The summed E-state index contributed by atoms with van der Waals surface area (Å²) >= 11 is 6.06. The van der Waals surface area contributed by atoms with Crippen molar-refractivity contribution < 1.29 is 9.59 Å². The second kappa shape index (κ2) is 6.69. The number of rotatable bonds is 3. The van der Waals surface area contributed by atoms with Crippen LogP contribution in [0.15, 0.2) is 24.3 Å². The number of carbonyl (C=O) groups excluding carboxylic acids is 2. The molecule has 2 fully saturated rings. The summed E-state index contributed by atoms with van der Waals surface area (Å²) in [5.74, 6) is -0.267. The predicted octanol–water partition coefficient (Wildman–Crippen LogP) is 3.46. The molecule has 0 radical (unpaired) electrons. The van der Waals surface area contributed by atoms with Crippen LogP contribution in [0, 0.1) is 5.92 Å². The normalized spacial score (nSPS) is 22.9. The summed E-state index contributed by atoms with van der Waals surface area (Å²) in [7, 11) is 0. The summed E-state index contributed by atoms with van der Waals surface area (Å²) in [5, 5.41) is 3.36. The van der Waals surface area contributed by atoms with E-state index in [9.17, 15) is 9.59 Å². The lowest BCUT2D eigenvalue weighted by molar-refractivity contribution is -0.130. The molecule has 0 bridgehead atoms. The maximum absolute atomic E-state index is 12.4. The highest BCUT2D eigenvalue weighted by Crippen LogP contribution is 2.29. The Kier molecular flexibility index (Phi) is 4.67. The molecule has 1 aromatic rings. The minimum atomic E-state index is -0.273. The van der Waals surface area contributed by atoms with Gasteiger partial charge in [0.2, 0.25) is 11.8 Å². The summed E-state index contributed by atoms with van der Waals surface area (Å²) in [6.07, 6.45) is 6.09. The van der Waals surface area contributed by atoms with Crippen molar-refractivity contribution >= 4 is 29.1 Å². The van der Waals surface area contributed by atoms with Gasteiger partial charge in [0.05, 0.1) is 16.6 Å². The minimum Gasteiger partial charge on any atom is -0.339 e. The number of hydrogen-bond donors (Lipinski definition) is 1. The van der Waals surface area contributed by atoms with Crippen LogP contribution in [-0.4, -0.2) is 29.3 Å². The zero-order valence-corrected chi connectivity index (χ0v) is 13.3. The lowest BCUT2D eigenvalue weighted by Gasteiger charge is -2.31. The third-order valence-corrected chi connectivity index (χ3v) is 5.01. The Morgan fingerprint density at radius 1 is 1.18 bits per heavy atom. The Labute approximate surface area is 135 Å². The van der Waals surface area contributed by atoms with Gasteiger partial charge in [-0.25, -0.2) is 0 Å². The molecule has 2 aliphatic rings. The second-order valence-electron chi connectivity index (χ2n) is 6.21. The number of benzene rings is 1. The number of amides is 2. The lowest BCUT2D eigenvalue weighted by atomic mass is 9.94. The first-order valence-corrected chi connectivity index (χ1v) is 8.38.